The van der Waals surface area contributed by atoms with Gasteiger partial charge in [-0.05, 0) is 72.4 Å². The van der Waals surface area contributed by atoms with Crippen LogP contribution in [-0.2, 0) is 40.4 Å². The molecular weight excluding hydrogens is 700 g/mol. The molecule has 1 saturated heterocycles. The van der Waals surface area contributed by atoms with Gasteiger partial charge in [0.05, 0.1) is 16.1 Å². The highest BCUT2D eigenvalue weighted by Gasteiger charge is 2.37. The molecule has 0 bridgehead atoms. The number of nitrogens with zero attached hydrogens (tertiary/aromatic N) is 3. The summed E-state index contributed by atoms with van der Waals surface area (Å²) in [6.45, 7) is 1.94. The summed E-state index contributed by atoms with van der Waals surface area (Å²) in [5.74, 6) is 0. The minimum atomic E-state index is -4.59. The van der Waals surface area contributed by atoms with Gasteiger partial charge in [0, 0.05) is 38.3 Å². The first-order valence-corrected chi connectivity index (χ1v) is 19.1. The molecule has 1 amide bonds. The molecule has 0 radical (unpaired) electrons. The molecule has 1 fully saturated rings. The van der Waals surface area contributed by atoms with Crippen LogP contribution in [0.2, 0.25) is 0 Å². The quantitative estimate of drug-likeness (QED) is 0.121. The number of rotatable bonds is 13. The van der Waals surface area contributed by atoms with Gasteiger partial charge in [-0.15, -0.1) is 0 Å². The van der Waals surface area contributed by atoms with Crippen molar-refractivity contribution < 1.29 is 31.1 Å². The Balaban J connectivity index is 1.17. The number of likely N-dealkylation sites (tertiary alicyclic amines) is 1. The maximum atomic E-state index is 14.0. The number of carbonyl (C=O) groups excluding carboxylic acids is 1. The van der Waals surface area contributed by atoms with E-state index >= 15 is 0 Å². The number of sulfonamides is 1. The van der Waals surface area contributed by atoms with Crippen LogP contribution < -0.4 is 4.31 Å². The molecule has 0 aromatic heterocycles. The number of carbonyl (C=O) groups is 1. The molecule has 11 heteroatoms. The second-order valence-electron chi connectivity index (χ2n) is 13.2. The van der Waals surface area contributed by atoms with Crippen LogP contribution in [-0.4, -0.2) is 56.1 Å². The van der Waals surface area contributed by atoms with E-state index in [9.17, 15) is 26.4 Å². The Hall–Kier alpha value is -5.13. The van der Waals surface area contributed by atoms with Crippen molar-refractivity contribution in [3.63, 3.8) is 0 Å². The fraction of sp³-hybridized carbons (Fsp3) is 0.262. The lowest BCUT2D eigenvalue weighted by Gasteiger charge is -2.39. The first-order valence-electron chi connectivity index (χ1n) is 17.6. The number of hydrogen-bond donors (Lipinski definition) is 0. The number of anilines is 1. The van der Waals surface area contributed by atoms with Crippen LogP contribution >= 0.6 is 0 Å². The average molecular weight is 742 g/mol. The fourth-order valence-corrected chi connectivity index (χ4v) is 8.43. The van der Waals surface area contributed by atoms with E-state index in [-0.39, 0.29) is 30.6 Å². The normalized spacial score (nSPS) is 14.5. The Morgan fingerprint density at radius 1 is 0.698 bits per heavy atom. The zero-order chi connectivity index (χ0) is 37.3. The maximum absolute atomic E-state index is 14.0. The van der Waals surface area contributed by atoms with Gasteiger partial charge in [0.1, 0.15) is 6.61 Å². The third-order valence-corrected chi connectivity index (χ3v) is 11.4. The van der Waals surface area contributed by atoms with Gasteiger partial charge in [0.2, 0.25) is 0 Å². The monoisotopic (exact) mass is 741 g/mol. The SMILES string of the molecule is O=C(OCC(Cc1ccccc1)N(Cc1ccccc1)Cc1ccccc1)N1CCC(N(c2ccccc2)S(=O)(=O)c2ccc(C(F)(F)F)cc2)CC1. The van der Waals surface area contributed by atoms with Gasteiger partial charge in [0.15, 0.2) is 0 Å². The number of benzene rings is 5. The van der Waals surface area contributed by atoms with Crippen molar-refractivity contribution in [2.24, 2.45) is 0 Å². The highest BCUT2D eigenvalue weighted by molar-refractivity contribution is 7.92. The molecule has 5 aromatic rings. The molecule has 0 spiro atoms. The lowest BCUT2D eigenvalue weighted by Crippen LogP contribution is -2.49. The molecule has 276 valence electrons. The van der Waals surface area contributed by atoms with Crippen LogP contribution in [0, 0.1) is 0 Å². The van der Waals surface area contributed by atoms with E-state index in [0.717, 1.165) is 41.0 Å². The van der Waals surface area contributed by atoms with Gasteiger partial charge in [-0.1, -0.05) is 109 Å². The zero-order valence-corrected chi connectivity index (χ0v) is 30.0. The number of hydrogen-bond acceptors (Lipinski definition) is 5. The molecule has 1 unspecified atom stereocenters. The minimum Gasteiger partial charge on any atom is -0.448 e. The van der Waals surface area contributed by atoms with Crippen LogP contribution in [0.4, 0.5) is 23.7 Å². The lowest BCUT2D eigenvalue weighted by molar-refractivity contribution is -0.137. The van der Waals surface area contributed by atoms with Crippen molar-refractivity contribution in [2.45, 2.75) is 55.5 Å². The first-order chi connectivity index (χ1) is 25.6. The molecule has 1 atom stereocenters. The Morgan fingerprint density at radius 3 is 1.66 bits per heavy atom. The van der Waals surface area contributed by atoms with E-state index in [1.165, 1.54) is 4.31 Å². The number of alkyl halides is 3. The molecule has 1 heterocycles. The number of piperidine rings is 1. The van der Waals surface area contributed by atoms with Crippen molar-refractivity contribution in [1.29, 1.82) is 0 Å². The molecular formula is C42H42F3N3O4S. The highest BCUT2D eigenvalue weighted by Crippen LogP contribution is 2.33. The fourth-order valence-electron chi connectivity index (χ4n) is 6.72. The van der Waals surface area contributed by atoms with E-state index < -0.39 is 33.9 Å². The molecule has 53 heavy (non-hydrogen) atoms. The van der Waals surface area contributed by atoms with Gasteiger partial charge in [-0.2, -0.15) is 13.2 Å². The second kappa shape index (κ2) is 17.1. The lowest BCUT2D eigenvalue weighted by atomic mass is 10.0. The Bertz CT molecular complexity index is 1950. The molecule has 7 nitrogen and oxygen atoms in total. The smallest absolute Gasteiger partial charge is 0.416 e. The van der Waals surface area contributed by atoms with Gasteiger partial charge in [-0.3, -0.25) is 9.21 Å². The summed E-state index contributed by atoms with van der Waals surface area (Å²) in [6.07, 6.45) is -3.79. The number of halogens is 3. The Morgan fingerprint density at radius 2 is 1.17 bits per heavy atom. The highest BCUT2D eigenvalue weighted by atomic mass is 32.2. The van der Waals surface area contributed by atoms with E-state index in [2.05, 4.69) is 41.3 Å². The number of para-hydroxylation sites is 1. The predicted octanol–water partition coefficient (Wildman–Crippen LogP) is 8.82. The largest absolute Gasteiger partial charge is 0.448 e. The van der Waals surface area contributed by atoms with E-state index in [4.69, 9.17) is 4.74 Å². The summed E-state index contributed by atoms with van der Waals surface area (Å²) in [6, 6.07) is 41.8. The summed E-state index contributed by atoms with van der Waals surface area (Å²) in [4.78, 5) is 17.3. The molecule has 6 rings (SSSR count). The van der Waals surface area contributed by atoms with Crippen molar-refractivity contribution in [1.82, 2.24) is 9.80 Å². The first kappa shape index (κ1) is 37.6. The van der Waals surface area contributed by atoms with Crippen molar-refractivity contribution >= 4 is 21.8 Å². The Kier molecular flexibility index (Phi) is 12.2. The predicted molar refractivity (Wildman–Crippen MR) is 200 cm³/mol. The summed E-state index contributed by atoms with van der Waals surface area (Å²) in [5.41, 5.74) is 2.88. The third kappa shape index (κ3) is 9.85. The summed E-state index contributed by atoms with van der Waals surface area (Å²) in [5, 5.41) is 0. The van der Waals surface area contributed by atoms with Crippen LogP contribution in [0.1, 0.15) is 35.1 Å². The topological polar surface area (TPSA) is 70.2 Å². The van der Waals surface area contributed by atoms with Crippen molar-refractivity contribution in [2.75, 3.05) is 24.0 Å². The van der Waals surface area contributed by atoms with E-state index in [1.54, 1.807) is 35.2 Å². The summed E-state index contributed by atoms with van der Waals surface area (Å²) in [7, 11) is -4.24. The molecule has 5 aromatic carbocycles. The molecule has 0 saturated carbocycles. The molecule has 0 N–H and O–H groups in total. The molecule has 0 aliphatic carbocycles. The maximum Gasteiger partial charge on any atom is 0.416 e. The Labute approximate surface area is 309 Å². The van der Waals surface area contributed by atoms with E-state index in [1.807, 2.05) is 54.6 Å². The molecule has 1 aliphatic rings. The average Bonchev–Trinajstić information content (AvgIpc) is 3.18. The van der Waals surface area contributed by atoms with Crippen LogP contribution in [0.25, 0.3) is 0 Å². The van der Waals surface area contributed by atoms with Gasteiger partial charge in [-0.25, -0.2) is 13.2 Å². The standard InChI is InChI=1S/C42H42F3N3O4S/c43-42(44,45)36-21-23-40(24-22-36)53(50,51)48(37-19-11-4-12-20-37)38-25-27-46(28-26-38)41(49)52-32-39(29-33-13-5-1-6-14-33)47(30-34-15-7-2-8-16-34)31-35-17-9-3-10-18-35/h1-24,38-39H,25-32H2. The van der Waals surface area contributed by atoms with Crippen LogP contribution in [0.15, 0.2) is 150 Å². The number of ether oxygens (including phenoxy) is 1. The third-order valence-electron chi connectivity index (χ3n) is 9.49. The molecule has 1 aliphatic heterocycles. The minimum absolute atomic E-state index is 0.145. The summed E-state index contributed by atoms with van der Waals surface area (Å²) < 4.78 is 75.0. The van der Waals surface area contributed by atoms with Crippen molar-refractivity contribution in [3.8, 4) is 0 Å². The van der Waals surface area contributed by atoms with Gasteiger partial charge >= 0.3 is 12.3 Å². The zero-order valence-electron chi connectivity index (χ0n) is 29.2. The number of amides is 1. The van der Waals surface area contributed by atoms with Gasteiger partial charge < -0.3 is 9.64 Å². The van der Waals surface area contributed by atoms with Crippen LogP contribution in [0.3, 0.4) is 0 Å². The van der Waals surface area contributed by atoms with Crippen LogP contribution in [0.5, 0.6) is 0 Å². The van der Waals surface area contributed by atoms with Gasteiger partial charge in [0.25, 0.3) is 10.0 Å². The second-order valence-corrected chi connectivity index (χ2v) is 15.0. The van der Waals surface area contributed by atoms with E-state index in [0.29, 0.717) is 38.0 Å². The summed E-state index contributed by atoms with van der Waals surface area (Å²) >= 11 is 0. The van der Waals surface area contributed by atoms with Crippen molar-refractivity contribution in [3.05, 3.63) is 168 Å².